The molecule has 0 atom stereocenters. The first kappa shape index (κ1) is 17.4. The molecule has 0 radical (unpaired) electrons. The van der Waals surface area contributed by atoms with E-state index in [-0.39, 0.29) is 11.4 Å². The molecule has 0 aliphatic rings. The number of hydrogen-bond donors (Lipinski definition) is 3. The molecule has 0 unspecified atom stereocenters. The topological polar surface area (TPSA) is 101 Å². The Hall–Kier alpha value is -1.67. The zero-order valence-corrected chi connectivity index (χ0v) is 13.1. The number of carbonyl (C=O) groups is 1. The number of rotatable bonds is 6. The van der Waals surface area contributed by atoms with Crippen molar-refractivity contribution in [1.82, 2.24) is 0 Å². The summed E-state index contributed by atoms with van der Waals surface area (Å²) in [6.07, 6.45) is 1.81. The fourth-order valence-electron chi connectivity index (χ4n) is 1.71. The maximum absolute atomic E-state index is 13.5. The van der Waals surface area contributed by atoms with Crippen LogP contribution in [0.3, 0.4) is 0 Å². The van der Waals surface area contributed by atoms with E-state index in [4.69, 9.17) is 5.73 Å². The van der Waals surface area contributed by atoms with Crippen molar-refractivity contribution in [2.75, 3.05) is 16.3 Å². The van der Waals surface area contributed by atoms with E-state index in [2.05, 4.69) is 5.32 Å². The van der Waals surface area contributed by atoms with Gasteiger partial charge in [-0.25, -0.2) is 12.8 Å². The number of benzene rings is 1. The summed E-state index contributed by atoms with van der Waals surface area (Å²) in [4.78, 5) is 12.1. The van der Waals surface area contributed by atoms with E-state index in [9.17, 15) is 17.6 Å². The molecule has 118 valence electrons. The summed E-state index contributed by atoms with van der Waals surface area (Å²) in [5.74, 6) is -1.13. The molecule has 6 nitrogen and oxygen atoms in total. The summed E-state index contributed by atoms with van der Waals surface area (Å²) >= 11 is 0. The van der Waals surface area contributed by atoms with Gasteiger partial charge in [0.25, 0.3) is 0 Å². The lowest BCUT2D eigenvalue weighted by Gasteiger charge is -2.25. The highest BCUT2D eigenvalue weighted by atomic mass is 32.2. The van der Waals surface area contributed by atoms with E-state index in [0.29, 0.717) is 12.8 Å². The minimum absolute atomic E-state index is 0.231. The molecule has 0 bridgehead atoms. The summed E-state index contributed by atoms with van der Waals surface area (Å²) in [6.45, 7) is 3.59. The van der Waals surface area contributed by atoms with Gasteiger partial charge in [0.1, 0.15) is 5.82 Å². The number of anilines is 2. The van der Waals surface area contributed by atoms with E-state index < -0.39 is 27.3 Å². The molecule has 0 saturated heterocycles. The second kappa shape index (κ2) is 6.40. The highest BCUT2D eigenvalue weighted by Crippen LogP contribution is 2.22. The maximum atomic E-state index is 13.5. The molecule has 0 aliphatic heterocycles. The van der Waals surface area contributed by atoms with Gasteiger partial charge in [-0.1, -0.05) is 13.8 Å². The molecule has 0 saturated carbocycles. The minimum Gasteiger partial charge on any atom is -0.324 e. The fourth-order valence-corrected chi connectivity index (χ4v) is 2.26. The normalized spacial score (nSPS) is 12.0. The van der Waals surface area contributed by atoms with Crippen molar-refractivity contribution in [2.24, 2.45) is 5.73 Å². The van der Waals surface area contributed by atoms with Crippen LogP contribution in [0.25, 0.3) is 0 Å². The molecule has 1 amide bonds. The van der Waals surface area contributed by atoms with Crippen LogP contribution in [0, 0.1) is 5.82 Å². The predicted molar refractivity (Wildman–Crippen MR) is 81.0 cm³/mol. The third-order valence-corrected chi connectivity index (χ3v) is 3.82. The molecule has 0 aromatic heterocycles. The van der Waals surface area contributed by atoms with Gasteiger partial charge < -0.3 is 11.1 Å². The van der Waals surface area contributed by atoms with E-state index in [1.54, 1.807) is 13.8 Å². The van der Waals surface area contributed by atoms with Crippen molar-refractivity contribution in [3.8, 4) is 0 Å². The van der Waals surface area contributed by atoms with Gasteiger partial charge in [0.15, 0.2) is 0 Å². The Balaban J connectivity index is 3.01. The molecule has 1 aromatic rings. The van der Waals surface area contributed by atoms with Crippen molar-refractivity contribution >= 4 is 27.3 Å². The number of amides is 1. The monoisotopic (exact) mass is 317 g/mol. The van der Waals surface area contributed by atoms with E-state index in [0.717, 1.165) is 12.3 Å². The van der Waals surface area contributed by atoms with Gasteiger partial charge in [0, 0.05) is 5.69 Å². The van der Waals surface area contributed by atoms with Crippen LogP contribution in [0.2, 0.25) is 0 Å². The summed E-state index contributed by atoms with van der Waals surface area (Å²) < 4.78 is 37.9. The second-order valence-electron chi connectivity index (χ2n) is 4.89. The van der Waals surface area contributed by atoms with E-state index in [1.165, 1.54) is 12.1 Å². The molecule has 4 N–H and O–H groups in total. The molecule has 0 fully saturated rings. The summed E-state index contributed by atoms with van der Waals surface area (Å²) in [5.41, 5.74) is 4.98. The number of nitrogens with two attached hydrogens (primary N) is 1. The third-order valence-electron chi connectivity index (χ3n) is 3.23. The van der Waals surface area contributed by atoms with Gasteiger partial charge in [-0.3, -0.25) is 9.52 Å². The van der Waals surface area contributed by atoms with Gasteiger partial charge in [0.05, 0.1) is 17.5 Å². The Morgan fingerprint density at radius 2 is 1.90 bits per heavy atom. The maximum Gasteiger partial charge on any atom is 0.244 e. The second-order valence-corrected chi connectivity index (χ2v) is 6.63. The minimum atomic E-state index is -3.61. The Bertz CT molecular complexity index is 628. The van der Waals surface area contributed by atoms with Gasteiger partial charge in [-0.05, 0) is 31.0 Å². The van der Waals surface area contributed by atoms with Crippen molar-refractivity contribution in [3.05, 3.63) is 24.0 Å². The van der Waals surface area contributed by atoms with Crippen LogP contribution in [-0.2, 0) is 14.8 Å². The summed E-state index contributed by atoms with van der Waals surface area (Å²) in [7, 11) is -3.61. The predicted octanol–water partition coefficient (Wildman–Crippen LogP) is 1.65. The number of sulfonamides is 1. The highest BCUT2D eigenvalue weighted by Gasteiger charge is 2.29. The van der Waals surface area contributed by atoms with E-state index >= 15 is 0 Å². The Kier molecular flexibility index (Phi) is 5.30. The standard InChI is InChI=1S/C13H20FN3O3S/c1-4-13(15,5-2)12(18)16-9-6-7-10(14)11(8-9)17-21(3,19)20/h6-8,17H,4-5,15H2,1-3H3,(H,16,18). The Morgan fingerprint density at radius 3 is 2.38 bits per heavy atom. The van der Waals surface area contributed by atoms with Crippen molar-refractivity contribution in [1.29, 1.82) is 0 Å². The van der Waals surface area contributed by atoms with Crippen molar-refractivity contribution in [3.63, 3.8) is 0 Å². The first-order chi connectivity index (χ1) is 9.61. The Morgan fingerprint density at radius 1 is 1.33 bits per heavy atom. The van der Waals surface area contributed by atoms with Crippen LogP contribution in [0.4, 0.5) is 15.8 Å². The molecule has 0 aliphatic carbocycles. The fraction of sp³-hybridized carbons (Fsp3) is 0.462. The first-order valence-corrected chi connectivity index (χ1v) is 8.38. The van der Waals surface area contributed by atoms with Crippen LogP contribution >= 0.6 is 0 Å². The zero-order valence-electron chi connectivity index (χ0n) is 12.2. The zero-order chi connectivity index (χ0) is 16.3. The van der Waals surface area contributed by atoms with E-state index in [1.807, 2.05) is 4.72 Å². The number of halogens is 1. The lowest BCUT2D eigenvalue weighted by Crippen LogP contribution is -2.50. The molecule has 0 heterocycles. The Labute approximate surface area is 124 Å². The summed E-state index contributed by atoms with van der Waals surface area (Å²) in [5, 5.41) is 2.57. The number of hydrogen-bond acceptors (Lipinski definition) is 4. The summed E-state index contributed by atoms with van der Waals surface area (Å²) in [6, 6.07) is 3.62. The lowest BCUT2D eigenvalue weighted by molar-refractivity contribution is -0.121. The lowest BCUT2D eigenvalue weighted by atomic mass is 9.93. The largest absolute Gasteiger partial charge is 0.324 e. The quantitative estimate of drug-likeness (QED) is 0.742. The van der Waals surface area contributed by atoms with Gasteiger partial charge in [-0.2, -0.15) is 0 Å². The molecular weight excluding hydrogens is 297 g/mol. The smallest absolute Gasteiger partial charge is 0.244 e. The molecule has 1 aromatic carbocycles. The average molecular weight is 317 g/mol. The van der Waals surface area contributed by atoms with Gasteiger partial charge >= 0.3 is 0 Å². The third kappa shape index (κ3) is 4.68. The number of carbonyl (C=O) groups excluding carboxylic acids is 1. The van der Waals surface area contributed by atoms with Gasteiger partial charge in [0.2, 0.25) is 15.9 Å². The molecule has 8 heteroatoms. The van der Waals surface area contributed by atoms with Crippen LogP contribution in [-0.4, -0.2) is 26.1 Å². The van der Waals surface area contributed by atoms with Crippen LogP contribution in [0.15, 0.2) is 18.2 Å². The molecular formula is C13H20FN3O3S. The molecule has 1 rings (SSSR count). The first-order valence-electron chi connectivity index (χ1n) is 6.49. The SMILES string of the molecule is CCC(N)(CC)C(=O)Nc1ccc(F)c(NS(C)(=O)=O)c1. The molecule has 21 heavy (non-hydrogen) atoms. The van der Waals surface area contributed by atoms with Gasteiger partial charge in [-0.15, -0.1) is 0 Å². The van der Waals surface area contributed by atoms with Crippen LogP contribution < -0.4 is 15.8 Å². The number of nitrogens with one attached hydrogen (secondary N) is 2. The van der Waals surface area contributed by atoms with Crippen molar-refractivity contribution in [2.45, 2.75) is 32.2 Å². The van der Waals surface area contributed by atoms with Crippen LogP contribution in [0.1, 0.15) is 26.7 Å². The van der Waals surface area contributed by atoms with Crippen molar-refractivity contribution < 1.29 is 17.6 Å². The average Bonchev–Trinajstić information content (AvgIpc) is 2.40. The highest BCUT2D eigenvalue weighted by molar-refractivity contribution is 7.92. The van der Waals surface area contributed by atoms with Crippen LogP contribution in [0.5, 0.6) is 0 Å². The molecule has 0 spiro atoms.